The highest BCUT2D eigenvalue weighted by atomic mass is 35.5. The zero-order chi connectivity index (χ0) is 18.3. The fourth-order valence-corrected chi connectivity index (χ4v) is 4.00. The third-order valence-electron chi connectivity index (χ3n) is 5.22. The third-order valence-corrected chi connectivity index (χ3v) is 5.44. The molecule has 0 unspecified atom stereocenters. The number of anilines is 1. The van der Waals surface area contributed by atoms with Crippen LogP contribution < -0.4 is 10.2 Å². The third kappa shape index (κ3) is 2.69. The Morgan fingerprint density at radius 3 is 2.81 bits per heavy atom. The van der Waals surface area contributed by atoms with E-state index in [0.29, 0.717) is 37.6 Å². The van der Waals surface area contributed by atoms with Gasteiger partial charge in [0.2, 0.25) is 0 Å². The number of carbonyl (C=O) groups is 2. The summed E-state index contributed by atoms with van der Waals surface area (Å²) >= 11 is 6.23. The van der Waals surface area contributed by atoms with Gasteiger partial charge in [-0.25, -0.2) is 4.79 Å². The summed E-state index contributed by atoms with van der Waals surface area (Å²) in [7, 11) is 1.55. The van der Waals surface area contributed by atoms with Crippen LogP contribution >= 0.6 is 11.6 Å². The maximum atomic E-state index is 12.8. The minimum Gasteiger partial charge on any atom is -0.383 e. The highest BCUT2D eigenvalue weighted by Crippen LogP contribution is 2.35. The number of nitrogens with one attached hydrogen (secondary N) is 2. The molecule has 1 aromatic carbocycles. The van der Waals surface area contributed by atoms with E-state index in [1.165, 1.54) is 4.90 Å². The van der Waals surface area contributed by atoms with E-state index in [-0.39, 0.29) is 18.5 Å². The van der Waals surface area contributed by atoms with Gasteiger partial charge in [0.1, 0.15) is 5.54 Å². The SMILES string of the molecule is COCCN1C(=O)NC2(CCN(c3cc(Cl)cc4[nH]ncc34)CC2)C1=O. The molecule has 1 spiro atoms. The minimum atomic E-state index is -0.810. The Labute approximate surface area is 155 Å². The molecular weight excluding hydrogens is 358 g/mol. The molecule has 2 N–H and O–H groups in total. The van der Waals surface area contributed by atoms with Crippen LogP contribution in [0.5, 0.6) is 0 Å². The number of rotatable bonds is 4. The lowest BCUT2D eigenvalue weighted by molar-refractivity contribution is -0.132. The number of aromatic nitrogens is 2. The van der Waals surface area contributed by atoms with E-state index in [9.17, 15) is 9.59 Å². The summed E-state index contributed by atoms with van der Waals surface area (Å²) in [6, 6.07) is 3.42. The van der Waals surface area contributed by atoms with Gasteiger partial charge in [-0.2, -0.15) is 5.10 Å². The number of nitrogens with zero attached hydrogens (tertiary/aromatic N) is 3. The molecule has 4 rings (SSSR count). The Morgan fingerprint density at radius 2 is 2.08 bits per heavy atom. The number of hydrogen-bond donors (Lipinski definition) is 2. The number of hydrogen-bond acceptors (Lipinski definition) is 5. The lowest BCUT2D eigenvalue weighted by atomic mass is 9.87. The number of urea groups is 1. The summed E-state index contributed by atoms with van der Waals surface area (Å²) in [6.07, 6.45) is 2.88. The van der Waals surface area contributed by atoms with Gasteiger partial charge < -0.3 is 15.0 Å². The van der Waals surface area contributed by atoms with Crippen molar-refractivity contribution in [2.75, 3.05) is 38.3 Å². The number of amides is 3. The van der Waals surface area contributed by atoms with Crippen molar-refractivity contribution in [2.45, 2.75) is 18.4 Å². The molecular formula is C17H20ClN5O3. The van der Waals surface area contributed by atoms with Gasteiger partial charge in [0, 0.05) is 36.3 Å². The van der Waals surface area contributed by atoms with E-state index >= 15 is 0 Å². The Morgan fingerprint density at radius 1 is 1.31 bits per heavy atom. The van der Waals surface area contributed by atoms with Crippen molar-refractivity contribution in [2.24, 2.45) is 0 Å². The molecule has 3 amide bonds. The van der Waals surface area contributed by atoms with Crippen molar-refractivity contribution in [3.63, 3.8) is 0 Å². The normalized spacial score (nSPS) is 19.6. The molecule has 2 fully saturated rings. The molecule has 0 bridgehead atoms. The van der Waals surface area contributed by atoms with Crippen LogP contribution in [0.3, 0.4) is 0 Å². The predicted octanol–water partition coefficient (Wildman–Crippen LogP) is 1.75. The molecule has 1 aromatic heterocycles. The van der Waals surface area contributed by atoms with E-state index in [1.54, 1.807) is 13.3 Å². The van der Waals surface area contributed by atoms with E-state index in [1.807, 2.05) is 12.1 Å². The number of carbonyl (C=O) groups excluding carboxylic acids is 2. The maximum absolute atomic E-state index is 12.8. The fraction of sp³-hybridized carbons (Fsp3) is 0.471. The summed E-state index contributed by atoms with van der Waals surface area (Å²) < 4.78 is 4.99. The molecule has 0 radical (unpaired) electrons. The van der Waals surface area contributed by atoms with Crippen LogP contribution in [-0.2, 0) is 9.53 Å². The molecule has 0 aliphatic carbocycles. The molecule has 2 aliphatic heterocycles. The van der Waals surface area contributed by atoms with E-state index < -0.39 is 5.54 Å². The standard InChI is InChI=1S/C17H20ClN5O3/c1-26-7-6-23-15(24)17(20-16(23)25)2-4-22(5-3-17)14-9-11(18)8-13-12(14)10-19-21-13/h8-10H,2-7H2,1H3,(H,19,21)(H,20,25). The molecule has 2 aliphatic rings. The summed E-state index contributed by atoms with van der Waals surface area (Å²) in [5.74, 6) is -0.154. The van der Waals surface area contributed by atoms with Crippen LogP contribution in [-0.4, -0.2) is 65.9 Å². The number of aromatic amines is 1. The Bertz CT molecular complexity index is 859. The summed E-state index contributed by atoms with van der Waals surface area (Å²) in [4.78, 5) is 28.4. The summed E-state index contributed by atoms with van der Waals surface area (Å²) in [5, 5.41) is 11.6. The lowest BCUT2D eigenvalue weighted by Crippen LogP contribution is -2.55. The van der Waals surface area contributed by atoms with Crippen LogP contribution in [0.25, 0.3) is 10.9 Å². The monoisotopic (exact) mass is 377 g/mol. The van der Waals surface area contributed by atoms with Gasteiger partial charge in [-0.05, 0) is 25.0 Å². The second kappa shape index (κ2) is 6.44. The maximum Gasteiger partial charge on any atom is 0.325 e. The Kier molecular flexibility index (Phi) is 4.24. The second-order valence-electron chi connectivity index (χ2n) is 6.71. The van der Waals surface area contributed by atoms with Crippen LogP contribution in [0.2, 0.25) is 5.02 Å². The molecule has 0 atom stereocenters. The van der Waals surface area contributed by atoms with Crippen LogP contribution in [0.1, 0.15) is 12.8 Å². The second-order valence-corrected chi connectivity index (χ2v) is 7.14. The van der Waals surface area contributed by atoms with E-state index in [4.69, 9.17) is 16.3 Å². The number of ether oxygens (including phenoxy) is 1. The van der Waals surface area contributed by atoms with Gasteiger partial charge >= 0.3 is 6.03 Å². The fourth-order valence-electron chi connectivity index (χ4n) is 3.79. The highest BCUT2D eigenvalue weighted by molar-refractivity contribution is 6.31. The largest absolute Gasteiger partial charge is 0.383 e. The van der Waals surface area contributed by atoms with Gasteiger partial charge in [0.05, 0.1) is 24.9 Å². The number of benzene rings is 1. The Hall–Kier alpha value is -2.32. The first-order chi connectivity index (χ1) is 12.5. The highest BCUT2D eigenvalue weighted by Gasteiger charge is 2.52. The topological polar surface area (TPSA) is 90.6 Å². The van der Waals surface area contributed by atoms with Crippen LogP contribution in [0, 0.1) is 0 Å². The lowest BCUT2D eigenvalue weighted by Gasteiger charge is -2.38. The van der Waals surface area contributed by atoms with Gasteiger partial charge in [0.25, 0.3) is 5.91 Å². The first-order valence-corrected chi connectivity index (χ1v) is 8.92. The number of piperidine rings is 1. The average molecular weight is 378 g/mol. The van der Waals surface area contributed by atoms with Gasteiger partial charge in [0.15, 0.2) is 0 Å². The van der Waals surface area contributed by atoms with Crippen LogP contribution in [0.15, 0.2) is 18.3 Å². The molecule has 8 nitrogen and oxygen atoms in total. The number of imide groups is 1. The molecule has 0 saturated carbocycles. The first-order valence-electron chi connectivity index (χ1n) is 8.55. The number of methoxy groups -OCH3 is 1. The molecule has 2 aromatic rings. The smallest absolute Gasteiger partial charge is 0.325 e. The number of halogens is 1. The number of fused-ring (bicyclic) bond motifs is 1. The minimum absolute atomic E-state index is 0.154. The van der Waals surface area contributed by atoms with E-state index in [2.05, 4.69) is 20.4 Å². The predicted molar refractivity (Wildman–Crippen MR) is 97.4 cm³/mol. The molecule has 9 heteroatoms. The van der Waals surface area contributed by atoms with Crippen LogP contribution in [0.4, 0.5) is 10.5 Å². The Balaban J connectivity index is 1.53. The molecule has 2 saturated heterocycles. The summed E-state index contributed by atoms with van der Waals surface area (Å²) in [5.41, 5.74) is 1.06. The average Bonchev–Trinajstić information content (AvgIpc) is 3.17. The van der Waals surface area contributed by atoms with Gasteiger partial charge in [-0.3, -0.25) is 14.8 Å². The van der Waals surface area contributed by atoms with Crippen molar-refractivity contribution >= 4 is 40.1 Å². The molecule has 138 valence electrons. The van der Waals surface area contributed by atoms with Crippen molar-refractivity contribution in [1.29, 1.82) is 0 Å². The van der Waals surface area contributed by atoms with Crippen molar-refractivity contribution in [3.05, 3.63) is 23.4 Å². The molecule has 26 heavy (non-hydrogen) atoms. The zero-order valence-electron chi connectivity index (χ0n) is 14.4. The van der Waals surface area contributed by atoms with Gasteiger partial charge in [-0.1, -0.05) is 11.6 Å². The molecule has 3 heterocycles. The summed E-state index contributed by atoms with van der Waals surface area (Å²) in [6.45, 7) is 1.90. The van der Waals surface area contributed by atoms with Gasteiger partial charge in [-0.15, -0.1) is 0 Å². The van der Waals surface area contributed by atoms with Crippen molar-refractivity contribution in [3.8, 4) is 0 Å². The quantitative estimate of drug-likeness (QED) is 0.792. The zero-order valence-corrected chi connectivity index (χ0v) is 15.2. The van der Waals surface area contributed by atoms with Crippen molar-refractivity contribution in [1.82, 2.24) is 20.4 Å². The first kappa shape index (κ1) is 17.1. The van der Waals surface area contributed by atoms with Crippen molar-refractivity contribution < 1.29 is 14.3 Å². The van der Waals surface area contributed by atoms with E-state index in [0.717, 1.165) is 16.6 Å². The number of H-pyrrole nitrogens is 1.